The Bertz CT molecular complexity index is 893. The van der Waals surface area contributed by atoms with E-state index in [1.165, 1.54) is 212 Å². The molecule has 0 bridgehead atoms. The first kappa shape index (κ1) is 58.6. The summed E-state index contributed by atoms with van der Waals surface area (Å²) in [4.78, 5) is 24.5. The van der Waals surface area contributed by atoms with Crippen LogP contribution in [0.25, 0.3) is 0 Å². The van der Waals surface area contributed by atoms with Crippen molar-refractivity contribution in [3.05, 3.63) is 12.2 Å². The monoisotopic (exact) mass is 848 g/mol. The number of hydrogen-bond acceptors (Lipinski definition) is 5. The number of aliphatic hydroxyl groups is 2. The van der Waals surface area contributed by atoms with Crippen LogP contribution >= 0.6 is 0 Å². The van der Waals surface area contributed by atoms with Gasteiger partial charge in [0.15, 0.2) is 0 Å². The summed E-state index contributed by atoms with van der Waals surface area (Å²) in [5, 5.41) is 23.0. The number of allylic oxidation sites excluding steroid dienone is 1. The van der Waals surface area contributed by atoms with Gasteiger partial charge in [0, 0.05) is 12.8 Å². The number of rotatable bonds is 50. The van der Waals surface area contributed by atoms with Gasteiger partial charge < -0.3 is 20.3 Å². The fourth-order valence-corrected chi connectivity index (χ4v) is 8.40. The molecule has 0 aliphatic heterocycles. The SMILES string of the molecule is CCCCCCCCCCC/C=C/C(O)C(CO)NC(=O)CCCCCCCCCCCCCCCCOC(=O)CCCCCCCCCCCCCCCCCCCC. The Morgan fingerprint density at radius 2 is 0.767 bits per heavy atom. The van der Waals surface area contributed by atoms with Crippen molar-refractivity contribution in [2.75, 3.05) is 13.2 Å². The number of esters is 1. The van der Waals surface area contributed by atoms with Crippen LogP contribution in [0, 0.1) is 0 Å². The molecule has 0 aromatic heterocycles. The third-order valence-corrected chi connectivity index (χ3v) is 12.6. The van der Waals surface area contributed by atoms with Gasteiger partial charge in [-0.2, -0.15) is 0 Å². The van der Waals surface area contributed by atoms with Crippen molar-refractivity contribution in [2.24, 2.45) is 0 Å². The fraction of sp³-hybridized carbons (Fsp3) is 0.926. The molecule has 6 nitrogen and oxygen atoms in total. The van der Waals surface area contributed by atoms with Crippen LogP contribution in [0.5, 0.6) is 0 Å². The van der Waals surface area contributed by atoms with Gasteiger partial charge in [0.05, 0.1) is 25.4 Å². The zero-order valence-corrected chi connectivity index (χ0v) is 40.5. The minimum Gasteiger partial charge on any atom is -0.466 e. The summed E-state index contributed by atoms with van der Waals surface area (Å²) >= 11 is 0. The van der Waals surface area contributed by atoms with E-state index in [4.69, 9.17) is 4.74 Å². The number of nitrogens with one attached hydrogen (secondary N) is 1. The van der Waals surface area contributed by atoms with E-state index >= 15 is 0 Å². The van der Waals surface area contributed by atoms with Crippen molar-refractivity contribution in [1.82, 2.24) is 5.32 Å². The number of amides is 1. The lowest BCUT2D eigenvalue weighted by Gasteiger charge is -2.20. The molecule has 1 amide bonds. The quantitative estimate of drug-likeness (QED) is 0.0322. The maximum Gasteiger partial charge on any atom is 0.305 e. The Hall–Kier alpha value is -1.40. The lowest BCUT2D eigenvalue weighted by atomic mass is 10.0. The standard InChI is InChI=1S/C54H105NO5/c1-3-5-7-9-11-13-15-16-17-18-19-20-24-28-32-36-40-44-48-54(59)60-49-45-41-37-33-29-25-22-21-23-27-31-35-39-43-47-53(58)55-51(50-56)52(57)46-42-38-34-30-26-14-12-10-8-6-4-2/h42,46,51-52,56-57H,3-41,43-45,47-50H2,1-2H3,(H,55,58)/b46-42+. The molecule has 3 N–H and O–H groups in total. The topological polar surface area (TPSA) is 95.9 Å². The molecular weight excluding hydrogens is 743 g/mol. The van der Waals surface area contributed by atoms with E-state index < -0.39 is 12.1 Å². The molecule has 0 aliphatic rings. The molecule has 0 spiro atoms. The van der Waals surface area contributed by atoms with Crippen LogP contribution in [0.2, 0.25) is 0 Å². The second-order valence-corrected chi connectivity index (χ2v) is 18.6. The Balaban J connectivity index is 3.41. The second kappa shape index (κ2) is 50.2. The molecule has 0 aliphatic carbocycles. The van der Waals surface area contributed by atoms with Gasteiger partial charge in [-0.05, 0) is 32.1 Å². The van der Waals surface area contributed by atoms with E-state index in [2.05, 4.69) is 19.2 Å². The molecule has 356 valence electrons. The van der Waals surface area contributed by atoms with Crippen molar-refractivity contribution < 1.29 is 24.5 Å². The van der Waals surface area contributed by atoms with E-state index in [1.807, 2.05) is 6.08 Å². The molecule has 0 saturated heterocycles. The van der Waals surface area contributed by atoms with E-state index in [1.54, 1.807) is 6.08 Å². The highest BCUT2D eigenvalue weighted by molar-refractivity contribution is 5.76. The minimum absolute atomic E-state index is 0.000900. The largest absolute Gasteiger partial charge is 0.466 e. The van der Waals surface area contributed by atoms with Crippen LogP contribution in [-0.2, 0) is 14.3 Å². The van der Waals surface area contributed by atoms with Gasteiger partial charge in [-0.1, -0.05) is 264 Å². The Morgan fingerprint density at radius 1 is 0.450 bits per heavy atom. The third-order valence-electron chi connectivity index (χ3n) is 12.6. The zero-order valence-electron chi connectivity index (χ0n) is 40.5. The number of unbranched alkanes of at least 4 members (excludes halogenated alkanes) is 39. The first-order valence-electron chi connectivity index (χ1n) is 27.0. The molecule has 2 atom stereocenters. The molecule has 0 heterocycles. The second-order valence-electron chi connectivity index (χ2n) is 18.6. The Kier molecular flexibility index (Phi) is 49.1. The lowest BCUT2D eigenvalue weighted by molar-refractivity contribution is -0.143. The normalized spacial score (nSPS) is 12.7. The smallest absolute Gasteiger partial charge is 0.305 e. The van der Waals surface area contributed by atoms with Crippen molar-refractivity contribution in [3.63, 3.8) is 0 Å². The first-order valence-corrected chi connectivity index (χ1v) is 27.0. The molecule has 0 aromatic rings. The van der Waals surface area contributed by atoms with Gasteiger partial charge in [0.25, 0.3) is 0 Å². The number of carbonyl (C=O) groups is 2. The van der Waals surface area contributed by atoms with E-state index in [0.29, 0.717) is 19.4 Å². The van der Waals surface area contributed by atoms with Crippen LogP contribution in [-0.4, -0.2) is 47.4 Å². The Morgan fingerprint density at radius 3 is 1.13 bits per heavy atom. The number of ether oxygens (including phenoxy) is 1. The number of hydrogen-bond donors (Lipinski definition) is 3. The maximum absolute atomic E-state index is 12.4. The first-order chi connectivity index (χ1) is 29.5. The van der Waals surface area contributed by atoms with Crippen molar-refractivity contribution in [1.29, 1.82) is 0 Å². The van der Waals surface area contributed by atoms with Crippen LogP contribution in [0.1, 0.15) is 296 Å². The summed E-state index contributed by atoms with van der Waals surface area (Å²) in [7, 11) is 0. The average Bonchev–Trinajstić information content (AvgIpc) is 3.25. The summed E-state index contributed by atoms with van der Waals surface area (Å²) in [6.07, 6.45) is 57.9. The van der Waals surface area contributed by atoms with E-state index in [-0.39, 0.29) is 18.5 Å². The summed E-state index contributed by atoms with van der Waals surface area (Å²) in [5.41, 5.74) is 0. The lowest BCUT2D eigenvalue weighted by Crippen LogP contribution is -2.45. The van der Waals surface area contributed by atoms with Gasteiger partial charge in [0.1, 0.15) is 0 Å². The van der Waals surface area contributed by atoms with Crippen LogP contribution < -0.4 is 5.32 Å². The van der Waals surface area contributed by atoms with Gasteiger partial charge in [-0.25, -0.2) is 0 Å². The maximum atomic E-state index is 12.4. The highest BCUT2D eigenvalue weighted by Crippen LogP contribution is 2.17. The molecule has 0 rings (SSSR count). The summed E-state index contributed by atoms with van der Waals surface area (Å²) < 4.78 is 5.48. The van der Waals surface area contributed by atoms with Gasteiger partial charge in [-0.3, -0.25) is 9.59 Å². The van der Waals surface area contributed by atoms with Gasteiger partial charge in [0.2, 0.25) is 5.91 Å². The number of aliphatic hydroxyl groups excluding tert-OH is 2. The van der Waals surface area contributed by atoms with Crippen LogP contribution in [0.3, 0.4) is 0 Å². The molecular formula is C54H105NO5. The highest BCUT2D eigenvalue weighted by Gasteiger charge is 2.18. The molecule has 0 saturated carbocycles. The van der Waals surface area contributed by atoms with Crippen molar-refractivity contribution >= 4 is 11.9 Å². The number of carbonyl (C=O) groups excluding carboxylic acids is 2. The van der Waals surface area contributed by atoms with Crippen LogP contribution in [0.4, 0.5) is 0 Å². The molecule has 2 unspecified atom stereocenters. The molecule has 0 aromatic carbocycles. The summed E-state index contributed by atoms with van der Waals surface area (Å²) in [6.45, 7) is 4.88. The molecule has 0 radical (unpaired) electrons. The Labute approximate surface area is 374 Å². The van der Waals surface area contributed by atoms with Crippen molar-refractivity contribution in [2.45, 2.75) is 309 Å². The van der Waals surface area contributed by atoms with E-state index in [9.17, 15) is 19.8 Å². The minimum atomic E-state index is -0.849. The summed E-state index contributed by atoms with van der Waals surface area (Å²) in [6, 6.07) is -0.633. The van der Waals surface area contributed by atoms with Gasteiger partial charge in [-0.15, -0.1) is 0 Å². The summed E-state index contributed by atoms with van der Waals surface area (Å²) in [5.74, 6) is -0.0778. The molecule has 60 heavy (non-hydrogen) atoms. The molecule has 6 heteroatoms. The average molecular weight is 848 g/mol. The predicted octanol–water partition coefficient (Wildman–Crippen LogP) is 16.1. The predicted molar refractivity (Wildman–Crippen MR) is 260 cm³/mol. The van der Waals surface area contributed by atoms with Gasteiger partial charge >= 0.3 is 5.97 Å². The fourth-order valence-electron chi connectivity index (χ4n) is 8.40. The third kappa shape index (κ3) is 46.1. The zero-order chi connectivity index (χ0) is 43.7. The van der Waals surface area contributed by atoms with Crippen LogP contribution in [0.15, 0.2) is 12.2 Å². The highest BCUT2D eigenvalue weighted by atomic mass is 16.5. The van der Waals surface area contributed by atoms with Crippen molar-refractivity contribution in [3.8, 4) is 0 Å². The van der Waals surface area contributed by atoms with E-state index in [0.717, 1.165) is 57.8 Å². The molecule has 0 fully saturated rings.